The molecule has 0 saturated carbocycles. The third kappa shape index (κ3) is 7.04. The van der Waals surface area contributed by atoms with Gasteiger partial charge in [0.05, 0.1) is 18.0 Å². The first-order valence-corrected chi connectivity index (χ1v) is 15.1. The van der Waals surface area contributed by atoms with Crippen molar-refractivity contribution >= 4 is 23.8 Å². The molecule has 0 spiro atoms. The second-order valence-corrected chi connectivity index (χ2v) is 10.9. The molecule has 5 rings (SSSR count). The van der Waals surface area contributed by atoms with Gasteiger partial charge in [-0.1, -0.05) is 49.4 Å². The number of carbonyl (C=O) groups is 3. The highest BCUT2D eigenvalue weighted by Crippen LogP contribution is 2.33. The van der Waals surface area contributed by atoms with Crippen LogP contribution in [0.15, 0.2) is 66.7 Å². The highest BCUT2D eigenvalue weighted by atomic mass is 16.6. The molecule has 1 aromatic heterocycles. The van der Waals surface area contributed by atoms with E-state index in [-0.39, 0.29) is 30.3 Å². The lowest BCUT2D eigenvalue weighted by Gasteiger charge is -2.42. The largest absolute Gasteiger partial charge is 0.493 e. The van der Waals surface area contributed by atoms with Gasteiger partial charge in [-0.05, 0) is 49.6 Å². The Balaban J connectivity index is 1.37. The molecule has 2 saturated heterocycles. The Morgan fingerprint density at radius 1 is 0.932 bits per heavy atom. The second kappa shape index (κ2) is 14.1. The van der Waals surface area contributed by atoms with Crippen LogP contribution in [-0.2, 0) is 11.3 Å². The van der Waals surface area contributed by atoms with Crippen molar-refractivity contribution in [3.8, 4) is 17.0 Å². The zero-order valence-corrected chi connectivity index (χ0v) is 25.1. The number of carboxylic acid groups (broad SMARTS) is 1. The number of para-hydroxylation sites is 1. The summed E-state index contributed by atoms with van der Waals surface area (Å²) >= 11 is 0. The molecule has 0 aliphatic carbocycles. The van der Waals surface area contributed by atoms with E-state index in [2.05, 4.69) is 10.2 Å². The molecule has 3 heterocycles. The molecule has 2 atom stereocenters. The van der Waals surface area contributed by atoms with Crippen LogP contribution in [-0.4, -0.2) is 89.4 Å². The number of likely N-dealkylation sites (tertiary alicyclic amines) is 1. The lowest BCUT2D eigenvalue weighted by atomic mass is 10.0. The summed E-state index contributed by atoms with van der Waals surface area (Å²) in [5.74, 6) is 0.319. The number of anilines is 1. The zero-order valence-electron chi connectivity index (χ0n) is 25.1. The van der Waals surface area contributed by atoms with Crippen LogP contribution in [0.2, 0.25) is 0 Å². The first kappa shape index (κ1) is 30.7. The topological polar surface area (TPSA) is 125 Å². The summed E-state index contributed by atoms with van der Waals surface area (Å²) in [7, 11) is 0. The summed E-state index contributed by atoms with van der Waals surface area (Å²) in [5, 5.41) is 12.7. The van der Waals surface area contributed by atoms with E-state index < -0.39 is 12.2 Å². The van der Waals surface area contributed by atoms with Gasteiger partial charge in [0.15, 0.2) is 5.69 Å². The summed E-state index contributed by atoms with van der Waals surface area (Å²) in [4.78, 5) is 48.3. The predicted octanol–water partition coefficient (Wildman–Crippen LogP) is 4.87. The first-order chi connectivity index (χ1) is 21.4. The van der Waals surface area contributed by atoms with Gasteiger partial charge in [0, 0.05) is 50.4 Å². The molecule has 11 heteroatoms. The maximum atomic E-state index is 13.9. The number of nitrogens with one attached hydrogen (secondary N) is 1. The molecule has 44 heavy (non-hydrogen) atoms. The number of carbonyl (C=O) groups excluding carboxylic acids is 2. The monoisotopic (exact) mass is 601 g/mol. The van der Waals surface area contributed by atoms with Crippen molar-refractivity contribution in [3.63, 3.8) is 0 Å². The Morgan fingerprint density at radius 3 is 2.45 bits per heavy atom. The average molecular weight is 602 g/mol. The van der Waals surface area contributed by atoms with Crippen LogP contribution in [0.5, 0.6) is 5.75 Å². The number of aromatic nitrogens is 1. The molecular formula is C33H39N5O6. The van der Waals surface area contributed by atoms with Crippen LogP contribution in [0.3, 0.4) is 0 Å². The molecule has 232 valence electrons. The first-order valence-electron chi connectivity index (χ1n) is 15.1. The Kier molecular flexibility index (Phi) is 9.83. The maximum Gasteiger partial charge on any atom is 0.410 e. The van der Waals surface area contributed by atoms with Crippen LogP contribution in [0.4, 0.5) is 15.3 Å². The number of ether oxygens (including phenoxy) is 2. The Bertz CT molecular complexity index is 1470. The van der Waals surface area contributed by atoms with Gasteiger partial charge in [0.25, 0.3) is 5.91 Å². The van der Waals surface area contributed by atoms with E-state index in [0.29, 0.717) is 69.3 Å². The summed E-state index contributed by atoms with van der Waals surface area (Å²) in [6, 6.07) is 20.4. The molecule has 11 nitrogen and oxygen atoms in total. The van der Waals surface area contributed by atoms with Gasteiger partial charge in [0.1, 0.15) is 12.4 Å². The third-order valence-electron chi connectivity index (χ3n) is 8.07. The van der Waals surface area contributed by atoms with Gasteiger partial charge in [0.2, 0.25) is 0 Å². The standard InChI is InChI=1S/C33H39N5O6/c1-3-25-21-36(32(40)41)18-19-38(25)28-15-14-27(26-12-8-9-13-29(26)43-4-2)35-30(28)31(39)34-24-16-17-37(20-24)33(42)44-22-23-10-6-5-7-11-23/h5-15,24-25H,3-4,16-22H2,1-2H3,(H,34,39)(H,40,41). The molecule has 0 bridgehead atoms. The molecule has 2 aromatic carbocycles. The molecule has 3 amide bonds. The SMILES string of the molecule is CCOc1ccccc1-c1ccc(N2CCN(C(=O)O)CC2CC)c(C(=O)NC2CCN(C(=O)OCc3ccccc3)C2)n1. The van der Waals surface area contributed by atoms with Crippen molar-refractivity contribution in [3.05, 3.63) is 78.0 Å². The minimum atomic E-state index is -0.949. The van der Waals surface area contributed by atoms with Crippen LogP contribution < -0.4 is 15.0 Å². The smallest absolute Gasteiger partial charge is 0.410 e. The molecule has 2 aliphatic rings. The maximum absolute atomic E-state index is 13.9. The van der Waals surface area contributed by atoms with E-state index in [1.807, 2.05) is 80.6 Å². The van der Waals surface area contributed by atoms with Gasteiger partial charge < -0.3 is 34.6 Å². The number of rotatable bonds is 9. The number of hydrogen-bond acceptors (Lipinski definition) is 7. The zero-order chi connectivity index (χ0) is 31.1. The summed E-state index contributed by atoms with van der Waals surface area (Å²) in [6.07, 6.45) is -0.0812. The van der Waals surface area contributed by atoms with Crippen molar-refractivity contribution < 1.29 is 29.0 Å². The number of benzene rings is 2. The van der Waals surface area contributed by atoms with E-state index in [4.69, 9.17) is 14.5 Å². The summed E-state index contributed by atoms with van der Waals surface area (Å²) in [5.41, 5.74) is 3.17. The Labute approximate surface area is 257 Å². The fourth-order valence-corrected chi connectivity index (χ4v) is 5.76. The van der Waals surface area contributed by atoms with Gasteiger partial charge in [-0.2, -0.15) is 0 Å². The quantitative estimate of drug-likeness (QED) is 0.356. The fourth-order valence-electron chi connectivity index (χ4n) is 5.76. The van der Waals surface area contributed by atoms with E-state index in [1.54, 1.807) is 4.90 Å². The molecular weight excluding hydrogens is 562 g/mol. The minimum Gasteiger partial charge on any atom is -0.493 e. The molecule has 2 unspecified atom stereocenters. The van der Waals surface area contributed by atoms with Crippen molar-refractivity contribution in [2.24, 2.45) is 0 Å². The number of amides is 3. The highest BCUT2D eigenvalue weighted by Gasteiger charge is 2.33. The fraction of sp³-hybridized carbons (Fsp3) is 0.394. The number of piperazine rings is 1. The van der Waals surface area contributed by atoms with E-state index in [9.17, 15) is 19.5 Å². The summed E-state index contributed by atoms with van der Waals surface area (Å²) in [6.45, 7) is 6.49. The average Bonchev–Trinajstić information content (AvgIpc) is 3.52. The summed E-state index contributed by atoms with van der Waals surface area (Å²) < 4.78 is 11.3. The van der Waals surface area contributed by atoms with Crippen LogP contribution in [0.1, 0.15) is 42.7 Å². The Morgan fingerprint density at radius 2 is 1.70 bits per heavy atom. The molecule has 2 fully saturated rings. The molecule has 2 N–H and O–H groups in total. The number of pyridine rings is 1. The number of hydrogen-bond donors (Lipinski definition) is 2. The normalized spacial score (nSPS) is 18.2. The van der Waals surface area contributed by atoms with Crippen molar-refractivity contribution in [1.82, 2.24) is 20.1 Å². The lowest BCUT2D eigenvalue weighted by Crippen LogP contribution is -2.55. The molecule has 3 aromatic rings. The second-order valence-electron chi connectivity index (χ2n) is 10.9. The van der Waals surface area contributed by atoms with Crippen LogP contribution in [0, 0.1) is 0 Å². The van der Waals surface area contributed by atoms with E-state index in [1.165, 1.54) is 4.90 Å². The van der Waals surface area contributed by atoms with Gasteiger partial charge >= 0.3 is 12.2 Å². The van der Waals surface area contributed by atoms with Gasteiger partial charge in [-0.15, -0.1) is 0 Å². The molecule has 2 aliphatic heterocycles. The minimum absolute atomic E-state index is 0.115. The number of nitrogens with zero attached hydrogens (tertiary/aromatic N) is 4. The Hall–Kier alpha value is -4.80. The van der Waals surface area contributed by atoms with E-state index >= 15 is 0 Å². The van der Waals surface area contributed by atoms with Crippen molar-refractivity contribution in [2.45, 2.75) is 45.4 Å². The van der Waals surface area contributed by atoms with Crippen LogP contribution in [0.25, 0.3) is 11.3 Å². The van der Waals surface area contributed by atoms with Gasteiger partial charge in [-0.3, -0.25) is 4.79 Å². The van der Waals surface area contributed by atoms with Crippen molar-refractivity contribution in [2.75, 3.05) is 44.2 Å². The van der Waals surface area contributed by atoms with Crippen molar-refractivity contribution in [1.29, 1.82) is 0 Å². The van der Waals surface area contributed by atoms with Gasteiger partial charge in [-0.25, -0.2) is 14.6 Å². The van der Waals surface area contributed by atoms with Crippen LogP contribution >= 0.6 is 0 Å². The predicted molar refractivity (Wildman–Crippen MR) is 166 cm³/mol. The highest BCUT2D eigenvalue weighted by molar-refractivity contribution is 5.99. The lowest BCUT2D eigenvalue weighted by molar-refractivity contribution is 0.0917. The molecule has 0 radical (unpaired) electrons. The van der Waals surface area contributed by atoms with E-state index in [0.717, 1.165) is 11.1 Å². The third-order valence-corrected chi connectivity index (χ3v) is 8.07.